The van der Waals surface area contributed by atoms with Crippen LogP contribution in [0, 0.1) is 6.07 Å². The number of para-hydroxylation sites is 4. The summed E-state index contributed by atoms with van der Waals surface area (Å²) in [4.78, 5) is 15.4. The zero-order valence-corrected chi connectivity index (χ0v) is 35.6. The smallest absolute Gasteiger partial charge is 0.656 e. The maximum absolute atomic E-state index is 17.0. The van der Waals surface area contributed by atoms with Crippen LogP contribution in [0.3, 0.4) is 0 Å². The Morgan fingerprint density at radius 3 is 2.03 bits per heavy atom. The zero-order valence-electron chi connectivity index (χ0n) is 33.4. The van der Waals surface area contributed by atoms with Gasteiger partial charge in [0.1, 0.15) is 11.6 Å². The van der Waals surface area contributed by atoms with Gasteiger partial charge >= 0.3 is 21.1 Å². The second-order valence-corrected chi connectivity index (χ2v) is 15.5. The van der Waals surface area contributed by atoms with Gasteiger partial charge in [-0.1, -0.05) is 157 Å². The van der Waals surface area contributed by atoms with E-state index < -0.39 is 5.92 Å². The standard InChI is InChI=1S/C55H33F2N5.Pt/c56-55(57,37-18-6-2-7-19-37)46-34-50-45(33-44(46)35-16-4-1-5-17-35)41-30-29-36(32-49(41)62(50)51-28-12-13-31-58-51)39-23-15-27-48-53(39)60-54(61(48)38-20-8-3-9-21-38)43-25-14-24-42-40-22-10-11-26-47(40)59-52(42)43;/h1-31,33-34H;/q-2;+2. The molecule has 0 aliphatic rings. The third-order valence-electron chi connectivity index (χ3n) is 11.9. The molecule has 4 aromatic heterocycles. The number of rotatable bonds is 7. The van der Waals surface area contributed by atoms with E-state index in [0.29, 0.717) is 28.0 Å². The minimum atomic E-state index is -3.30. The number of pyridine rings is 1. The van der Waals surface area contributed by atoms with E-state index in [9.17, 15) is 0 Å². The van der Waals surface area contributed by atoms with E-state index >= 15 is 8.78 Å². The van der Waals surface area contributed by atoms with Gasteiger partial charge in [0.15, 0.2) is 0 Å². The molecule has 0 unspecified atom stereocenters. The van der Waals surface area contributed by atoms with Gasteiger partial charge in [-0.15, -0.1) is 34.8 Å². The molecule has 4 heterocycles. The van der Waals surface area contributed by atoms with Crippen molar-refractivity contribution in [2.75, 3.05) is 0 Å². The van der Waals surface area contributed by atoms with Crippen LogP contribution in [0.1, 0.15) is 11.1 Å². The molecule has 5 nitrogen and oxygen atoms in total. The maximum Gasteiger partial charge on any atom is 2.00 e. The predicted octanol–water partition coefficient (Wildman–Crippen LogP) is 13.7. The Morgan fingerprint density at radius 2 is 1.24 bits per heavy atom. The molecular formula is C55H33F2N5Pt. The number of hydrogen-bond acceptors (Lipinski definition) is 2. The van der Waals surface area contributed by atoms with Gasteiger partial charge in [0.25, 0.3) is 5.92 Å². The topological polar surface area (TPSA) is 49.7 Å². The fourth-order valence-corrected chi connectivity index (χ4v) is 9.10. The average molecular weight is 997 g/mol. The predicted molar refractivity (Wildman–Crippen MR) is 246 cm³/mol. The monoisotopic (exact) mass is 996 g/mol. The molecular weight excluding hydrogens is 964 g/mol. The van der Waals surface area contributed by atoms with Crippen LogP contribution in [0.15, 0.2) is 200 Å². The van der Waals surface area contributed by atoms with Crippen molar-refractivity contribution in [2.45, 2.75) is 5.92 Å². The summed E-state index contributed by atoms with van der Waals surface area (Å²) in [6.07, 6.45) is 1.72. The van der Waals surface area contributed by atoms with Crippen LogP contribution in [0.25, 0.3) is 99.8 Å². The van der Waals surface area contributed by atoms with Crippen LogP contribution in [0.5, 0.6) is 0 Å². The molecule has 8 aromatic carbocycles. The van der Waals surface area contributed by atoms with Gasteiger partial charge in [0, 0.05) is 34.1 Å². The van der Waals surface area contributed by atoms with Crippen LogP contribution in [-0.2, 0) is 27.0 Å². The fourth-order valence-electron chi connectivity index (χ4n) is 9.10. The molecule has 302 valence electrons. The van der Waals surface area contributed by atoms with Crippen molar-refractivity contribution >= 4 is 54.6 Å². The minimum absolute atomic E-state index is 0. The maximum atomic E-state index is 17.0. The normalized spacial score (nSPS) is 11.8. The summed E-state index contributed by atoms with van der Waals surface area (Å²) in [5, 5.41) is 3.86. The Balaban J connectivity index is 0.00000444. The van der Waals surface area contributed by atoms with Crippen molar-refractivity contribution in [3.05, 3.63) is 218 Å². The molecule has 0 fully saturated rings. The molecule has 0 N–H and O–H groups in total. The Kier molecular flexibility index (Phi) is 9.25. The van der Waals surface area contributed by atoms with Crippen molar-refractivity contribution in [2.24, 2.45) is 0 Å². The number of hydrogen-bond donors (Lipinski definition) is 0. The van der Waals surface area contributed by atoms with Gasteiger partial charge < -0.3 is 9.55 Å². The van der Waals surface area contributed by atoms with E-state index in [-0.39, 0.29) is 32.2 Å². The van der Waals surface area contributed by atoms with Crippen molar-refractivity contribution in [1.82, 2.24) is 24.1 Å². The van der Waals surface area contributed by atoms with Gasteiger partial charge in [-0.3, -0.25) is 4.57 Å². The first-order valence-electron chi connectivity index (χ1n) is 20.5. The molecule has 0 spiro atoms. The van der Waals surface area contributed by atoms with Crippen molar-refractivity contribution in [3.63, 3.8) is 0 Å². The van der Waals surface area contributed by atoms with Crippen molar-refractivity contribution < 1.29 is 29.8 Å². The quantitative estimate of drug-likeness (QED) is 0.150. The summed E-state index contributed by atoms with van der Waals surface area (Å²) < 4.78 is 38.1. The molecule has 0 atom stereocenters. The van der Waals surface area contributed by atoms with E-state index in [0.717, 1.165) is 71.8 Å². The number of benzene rings is 8. The zero-order chi connectivity index (χ0) is 41.4. The van der Waals surface area contributed by atoms with Gasteiger partial charge in [0.05, 0.1) is 11.0 Å². The van der Waals surface area contributed by atoms with Crippen LogP contribution >= 0.6 is 0 Å². The first-order chi connectivity index (χ1) is 30.5. The average Bonchev–Trinajstić information content (AvgIpc) is 4.02. The molecule has 0 bridgehead atoms. The fraction of sp³-hybridized carbons (Fsp3) is 0.0182. The number of nitrogens with zero attached hydrogens (tertiary/aromatic N) is 5. The molecule has 0 saturated heterocycles. The van der Waals surface area contributed by atoms with E-state index in [1.807, 2.05) is 95.6 Å². The number of fused-ring (bicyclic) bond motifs is 7. The van der Waals surface area contributed by atoms with Crippen LogP contribution in [0.2, 0.25) is 0 Å². The molecule has 63 heavy (non-hydrogen) atoms. The van der Waals surface area contributed by atoms with Crippen LogP contribution < -0.4 is 4.98 Å². The summed E-state index contributed by atoms with van der Waals surface area (Å²) in [6.45, 7) is 0. The summed E-state index contributed by atoms with van der Waals surface area (Å²) in [5.74, 6) is -1.93. The molecule has 0 radical (unpaired) electrons. The van der Waals surface area contributed by atoms with Crippen LogP contribution in [0.4, 0.5) is 8.78 Å². The van der Waals surface area contributed by atoms with E-state index in [2.05, 4.69) is 77.4 Å². The van der Waals surface area contributed by atoms with Gasteiger partial charge in [-0.05, 0) is 69.2 Å². The summed E-state index contributed by atoms with van der Waals surface area (Å²) in [6, 6.07) is 65.5. The second kappa shape index (κ2) is 15.2. The number of imidazole rings is 1. The molecule has 0 saturated carbocycles. The Hall–Kier alpha value is -7.47. The van der Waals surface area contributed by atoms with E-state index in [1.165, 1.54) is 12.1 Å². The second-order valence-electron chi connectivity index (χ2n) is 15.5. The first-order valence-corrected chi connectivity index (χ1v) is 20.5. The van der Waals surface area contributed by atoms with Crippen molar-refractivity contribution in [3.8, 4) is 45.1 Å². The Labute approximate surface area is 375 Å². The number of halogens is 2. The van der Waals surface area contributed by atoms with Crippen molar-refractivity contribution in [1.29, 1.82) is 0 Å². The number of aromatic nitrogens is 5. The van der Waals surface area contributed by atoms with Crippen LogP contribution in [-0.4, -0.2) is 19.1 Å². The Bertz CT molecular complexity index is 3650. The Morgan fingerprint density at radius 1 is 0.540 bits per heavy atom. The van der Waals surface area contributed by atoms with Gasteiger partial charge in [0.2, 0.25) is 0 Å². The van der Waals surface area contributed by atoms with E-state index in [4.69, 9.17) is 15.0 Å². The molecule has 0 aliphatic carbocycles. The summed E-state index contributed by atoms with van der Waals surface area (Å²) in [5.41, 5.74) is 9.47. The molecule has 8 heteroatoms. The third-order valence-corrected chi connectivity index (χ3v) is 11.9. The molecule has 0 amide bonds. The number of alkyl halides is 2. The minimum Gasteiger partial charge on any atom is -0.656 e. The van der Waals surface area contributed by atoms with E-state index in [1.54, 1.807) is 30.5 Å². The van der Waals surface area contributed by atoms with Gasteiger partial charge in [-0.25, -0.2) is 9.97 Å². The molecule has 12 aromatic rings. The first kappa shape index (κ1) is 38.5. The summed E-state index contributed by atoms with van der Waals surface area (Å²) >= 11 is 0. The SMILES string of the molecule is FC(F)(c1ccccc1)c1cc2c(cc1-c1ccccc1)c1ccc(-c3cccc4c3nc(-c3cccc5c3[n-]c3ccccc35)n4-c3ccccc3)[c-]c1n2-c1ccccn1.[Pt+2]. The summed E-state index contributed by atoms with van der Waals surface area (Å²) in [7, 11) is 0. The molecule has 0 aliphatic heterocycles. The third kappa shape index (κ3) is 6.14. The molecule has 12 rings (SSSR count). The van der Waals surface area contributed by atoms with Gasteiger partial charge in [-0.2, -0.15) is 8.78 Å². The largest absolute Gasteiger partial charge is 2.00 e.